The van der Waals surface area contributed by atoms with Gasteiger partial charge in [0.2, 0.25) is 10.0 Å². The third-order valence-electron chi connectivity index (χ3n) is 2.04. The van der Waals surface area contributed by atoms with Crippen molar-refractivity contribution in [2.45, 2.75) is 11.8 Å². The van der Waals surface area contributed by atoms with Crippen molar-refractivity contribution in [1.29, 1.82) is 0 Å². The van der Waals surface area contributed by atoms with Crippen LogP contribution >= 0.6 is 0 Å². The fraction of sp³-hybridized carbons (Fsp3) is 0.300. The second-order valence-electron chi connectivity index (χ2n) is 3.25. The molecular weight excluding hydrogens is 265 g/mol. The van der Waals surface area contributed by atoms with E-state index in [0.29, 0.717) is 6.07 Å². The number of carbonyl (C=O) groups is 1. The Morgan fingerprint density at radius 2 is 2.06 bits per heavy atom. The van der Waals surface area contributed by atoms with Gasteiger partial charge in [-0.1, -0.05) is 0 Å². The Balaban J connectivity index is 3.51. The van der Waals surface area contributed by atoms with Crippen LogP contribution in [0, 0.1) is 5.82 Å². The molecular formula is C10H12FNO5S. The quantitative estimate of drug-likeness (QED) is 0.815. The van der Waals surface area contributed by atoms with Gasteiger partial charge in [0.15, 0.2) is 11.6 Å². The summed E-state index contributed by atoms with van der Waals surface area (Å²) in [6.45, 7) is 1.70. The first-order valence-corrected chi connectivity index (χ1v) is 6.43. The minimum Gasteiger partial charge on any atom is -0.490 e. The Morgan fingerprint density at radius 1 is 1.44 bits per heavy atom. The van der Waals surface area contributed by atoms with Crippen LogP contribution in [-0.2, 0) is 14.8 Å². The van der Waals surface area contributed by atoms with E-state index >= 15 is 0 Å². The number of rotatable bonds is 4. The van der Waals surface area contributed by atoms with Gasteiger partial charge in [-0.15, -0.1) is 0 Å². The van der Waals surface area contributed by atoms with E-state index in [1.807, 2.05) is 0 Å². The molecule has 0 spiro atoms. The summed E-state index contributed by atoms with van der Waals surface area (Å²) in [5, 5.41) is 4.87. The number of hydrogen-bond donors (Lipinski definition) is 1. The van der Waals surface area contributed by atoms with E-state index < -0.39 is 26.7 Å². The van der Waals surface area contributed by atoms with Crippen LogP contribution in [0.1, 0.15) is 17.3 Å². The predicted molar refractivity (Wildman–Crippen MR) is 60.3 cm³/mol. The van der Waals surface area contributed by atoms with Gasteiger partial charge in [0.25, 0.3) is 0 Å². The number of hydrogen-bond acceptors (Lipinski definition) is 5. The van der Waals surface area contributed by atoms with Crippen LogP contribution in [0.15, 0.2) is 17.0 Å². The normalized spacial score (nSPS) is 11.1. The minimum absolute atomic E-state index is 0.107. The summed E-state index contributed by atoms with van der Waals surface area (Å²) in [5.41, 5.74) is -0.330. The van der Waals surface area contributed by atoms with Crippen molar-refractivity contribution in [3.8, 4) is 5.75 Å². The van der Waals surface area contributed by atoms with Crippen molar-refractivity contribution in [3.63, 3.8) is 0 Å². The number of methoxy groups -OCH3 is 1. The number of benzene rings is 1. The lowest BCUT2D eigenvalue weighted by molar-refractivity contribution is 0.0595. The van der Waals surface area contributed by atoms with Gasteiger partial charge in [0, 0.05) is 0 Å². The second kappa shape index (κ2) is 5.32. The fourth-order valence-electron chi connectivity index (χ4n) is 1.29. The molecule has 6 nitrogen and oxygen atoms in total. The summed E-state index contributed by atoms with van der Waals surface area (Å²) in [6.07, 6.45) is 0. The number of ether oxygens (including phenoxy) is 2. The third kappa shape index (κ3) is 2.96. The van der Waals surface area contributed by atoms with Gasteiger partial charge in [0.1, 0.15) is 5.56 Å². The number of carbonyl (C=O) groups excluding carboxylic acids is 1. The van der Waals surface area contributed by atoms with Crippen molar-refractivity contribution in [1.82, 2.24) is 0 Å². The summed E-state index contributed by atoms with van der Waals surface area (Å²) < 4.78 is 45.3. The molecule has 8 heteroatoms. The van der Waals surface area contributed by atoms with Crippen LogP contribution in [0.2, 0.25) is 0 Å². The average molecular weight is 277 g/mol. The molecule has 0 amide bonds. The van der Waals surface area contributed by atoms with Gasteiger partial charge >= 0.3 is 5.97 Å². The van der Waals surface area contributed by atoms with Crippen molar-refractivity contribution in [2.24, 2.45) is 5.14 Å². The van der Waals surface area contributed by atoms with Gasteiger partial charge in [-0.2, -0.15) is 0 Å². The molecule has 0 aliphatic carbocycles. The summed E-state index contributed by atoms with van der Waals surface area (Å²) in [5.74, 6) is -2.27. The van der Waals surface area contributed by atoms with Crippen molar-refractivity contribution < 1.29 is 27.1 Å². The summed E-state index contributed by atoms with van der Waals surface area (Å²) in [4.78, 5) is 10.9. The number of esters is 1. The van der Waals surface area contributed by atoms with Crippen LogP contribution in [-0.4, -0.2) is 28.1 Å². The highest BCUT2D eigenvalue weighted by atomic mass is 32.2. The Kier molecular flexibility index (Phi) is 4.25. The molecule has 0 unspecified atom stereocenters. The molecule has 2 N–H and O–H groups in total. The molecule has 18 heavy (non-hydrogen) atoms. The minimum atomic E-state index is -4.12. The molecule has 1 aromatic rings. The Bertz CT molecular complexity index is 570. The molecule has 0 saturated carbocycles. The van der Waals surface area contributed by atoms with E-state index in [1.54, 1.807) is 6.92 Å². The van der Waals surface area contributed by atoms with Crippen molar-refractivity contribution in [2.75, 3.05) is 13.7 Å². The topological polar surface area (TPSA) is 95.7 Å². The number of sulfonamides is 1. The molecule has 0 aliphatic rings. The smallest absolute Gasteiger partial charge is 0.341 e. The molecule has 0 radical (unpaired) electrons. The Labute approximate surface area is 104 Å². The van der Waals surface area contributed by atoms with Crippen LogP contribution in [0.5, 0.6) is 5.75 Å². The fourth-order valence-corrected chi connectivity index (χ4v) is 1.84. The van der Waals surface area contributed by atoms with Crippen LogP contribution in [0.3, 0.4) is 0 Å². The first-order chi connectivity index (χ1) is 8.31. The highest BCUT2D eigenvalue weighted by molar-refractivity contribution is 7.89. The zero-order valence-electron chi connectivity index (χ0n) is 9.77. The van der Waals surface area contributed by atoms with Crippen molar-refractivity contribution in [3.05, 3.63) is 23.5 Å². The molecule has 0 atom stereocenters. The van der Waals surface area contributed by atoms with E-state index in [9.17, 15) is 17.6 Å². The maximum atomic E-state index is 13.7. The number of nitrogens with two attached hydrogens (primary N) is 1. The van der Waals surface area contributed by atoms with Gasteiger partial charge in [0.05, 0.1) is 18.6 Å². The molecule has 0 bridgehead atoms. The zero-order valence-corrected chi connectivity index (χ0v) is 10.6. The number of halogens is 1. The molecule has 0 aliphatic heterocycles. The summed E-state index contributed by atoms with van der Waals surface area (Å²) in [6, 6.07) is 1.60. The monoisotopic (exact) mass is 277 g/mol. The zero-order chi connectivity index (χ0) is 13.9. The van der Waals surface area contributed by atoms with Gasteiger partial charge in [-0.05, 0) is 19.1 Å². The predicted octanol–water partition coefficient (Wildman–Crippen LogP) is 0.658. The highest BCUT2D eigenvalue weighted by Gasteiger charge is 2.22. The largest absolute Gasteiger partial charge is 0.490 e. The Hall–Kier alpha value is -1.67. The van der Waals surface area contributed by atoms with Crippen LogP contribution < -0.4 is 9.88 Å². The third-order valence-corrected chi connectivity index (χ3v) is 2.93. The van der Waals surface area contributed by atoms with E-state index in [2.05, 4.69) is 4.74 Å². The van der Waals surface area contributed by atoms with E-state index in [0.717, 1.165) is 13.2 Å². The first-order valence-electron chi connectivity index (χ1n) is 4.88. The SMILES string of the molecule is CCOc1c(F)cc(S(N)(=O)=O)cc1C(=O)OC. The standard InChI is InChI=1S/C10H12FNO5S/c1-3-17-9-7(10(13)16-2)4-6(5-8(9)11)18(12,14)15/h4-5H,3H2,1-2H3,(H2,12,14,15). The van der Waals surface area contributed by atoms with Crippen LogP contribution in [0.4, 0.5) is 4.39 Å². The van der Waals surface area contributed by atoms with Gasteiger partial charge in [-0.25, -0.2) is 22.7 Å². The van der Waals surface area contributed by atoms with E-state index in [1.165, 1.54) is 0 Å². The molecule has 0 aromatic heterocycles. The summed E-state index contributed by atoms with van der Waals surface area (Å²) in [7, 11) is -3.04. The lowest BCUT2D eigenvalue weighted by Crippen LogP contribution is -2.15. The van der Waals surface area contributed by atoms with Gasteiger partial charge in [-0.3, -0.25) is 0 Å². The average Bonchev–Trinajstić information content (AvgIpc) is 2.29. The highest BCUT2D eigenvalue weighted by Crippen LogP contribution is 2.27. The molecule has 1 aromatic carbocycles. The lowest BCUT2D eigenvalue weighted by Gasteiger charge is -2.11. The summed E-state index contributed by atoms with van der Waals surface area (Å²) >= 11 is 0. The maximum Gasteiger partial charge on any atom is 0.341 e. The number of primary sulfonamides is 1. The van der Waals surface area contributed by atoms with E-state index in [4.69, 9.17) is 9.88 Å². The molecule has 100 valence electrons. The van der Waals surface area contributed by atoms with E-state index in [-0.39, 0.29) is 17.9 Å². The van der Waals surface area contributed by atoms with Crippen molar-refractivity contribution >= 4 is 16.0 Å². The Morgan fingerprint density at radius 3 is 2.50 bits per heavy atom. The molecule has 1 rings (SSSR count). The molecule has 0 fully saturated rings. The molecule has 0 saturated heterocycles. The van der Waals surface area contributed by atoms with Gasteiger partial charge < -0.3 is 9.47 Å². The van der Waals surface area contributed by atoms with Crippen LogP contribution in [0.25, 0.3) is 0 Å². The maximum absolute atomic E-state index is 13.7. The second-order valence-corrected chi connectivity index (χ2v) is 4.81. The first kappa shape index (κ1) is 14.4. The molecule has 0 heterocycles. The lowest BCUT2D eigenvalue weighted by atomic mass is 10.2.